The van der Waals surface area contributed by atoms with E-state index >= 15 is 0 Å². The van der Waals surface area contributed by atoms with Gasteiger partial charge in [-0.25, -0.2) is 0 Å². The predicted molar refractivity (Wildman–Crippen MR) is 101 cm³/mol. The maximum Gasteiger partial charge on any atom is 0.305 e. The van der Waals surface area contributed by atoms with Crippen molar-refractivity contribution in [2.24, 2.45) is 16.1 Å². The third-order valence-corrected chi connectivity index (χ3v) is 4.57. The van der Waals surface area contributed by atoms with Crippen LogP contribution in [0.5, 0.6) is 0 Å². The van der Waals surface area contributed by atoms with E-state index in [9.17, 15) is 14.4 Å². The molecular weight excluding hydrogens is 356 g/mol. The Bertz CT molecular complexity index is 789. The van der Waals surface area contributed by atoms with E-state index < -0.39 is 11.2 Å². The van der Waals surface area contributed by atoms with Gasteiger partial charge < -0.3 is 15.7 Å². The van der Waals surface area contributed by atoms with E-state index in [0.29, 0.717) is 11.4 Å². The second-order valence-electron chi connectivity index (χ2n) is 6.01. The van der Waals surface area contributed by atoms with Gasteiger partial charge in [-0.1, -0.05) is 37.7 Å². The molecule has 8 nitrogen and oxygen atoms in total. The molecule has 1 aliphatic heterocycles. The second kappa shape index (κ2) is 8.61. The summed E-state index contributed by atoms with van der Waals surface area (Å²) in [5, 5.41) is 21.7. The standard InChI is InChI=1S/C17H20N4O4S/c1-9(2)15(24)18-12-6-4-5-11(7-12)10(3)20-21-17-19-16(25)13(26-17)8-14(22)23/h4-7,9,13H,8H2,1-3H3,(H,18,24)(H,22,23)(H,19,21,25)/b20-10-/t13-/m1/s1. The van der Waals surface area contributed by atoms with Crippen molar-refractivity contribution in [3.63, 3.8) is 0 Å². The number of thioether (sulfide) groups is 1. The van der Waals surface area contributed by atoms with Crippen LogP contribution in [0.2, 0.25) is 0 Å². The number of hydrogen-bond donors (Lipinski definition) is 3. The molecule has 1 fully saturated rings. The van der Waals surface area contributed by atoms with Crippen molar-refractivity contribution < 1.29 is 19.5 Å². The Morgan fingerprint density at radius 2 is 2.12 bits per heavy atom. The van der Waals surface area contributed by atoms with Gasteiger partial charge in [0.05, 0.1) is 12.1 Å². The molecule has 26 heavy (non-hydrogen) atoms. The number of anilines is 1. The maximum atomic E-state index is 11.8. The van der Waals surface area contributed by atoms with Gasteiger partial charge in [-0.15, -0.1) is 5.10 Å². The van der Waals surface area contributed by atoms with Crippen molar-refractivity contribution in [2.75, 3.05) is 5.32 Å². The maximum absolute atomic E-state index is 11.8. The van der Waals surface area contributed by atoms with Gasteiger partial charge >= 0.3 is 5.97 Å². The molecule has 0 spiro atoms. The van der Waals surface area contributed by atoms with Crippen LogP contribution in [0.3, 0.4) is 0 Å². The Hall–Kier alpha value is -2.68. The van der Waals surface area contributed by atoms with Crippen LogP contribution >= 0.6 is 11.8 Å². The number of carboxylic acid groups (broad SMARTS) is 1. The number of benzene rings is 1. The van der Waals surface area contributed by atoms with Gasteiger partial charge in [0.2, 0.25) is 11.8 Å². The average Bonchev–Trinajstić information content (AvgIpc) is 2.92. The lowest BCUT2D eigenvalue weighted by atomic mass is 10.1. The first-order valence-electron chi connectivity index (χ1n) is 7.99. The third kappa shape index (κ3) is 5.41. The molecular formula is C17H20N4O4S. The molecule has 0 aromatic heterocycles. The molecule has 1 atom stereocenters. The fourth-order valence-corrected chi connectivity index (χ4v) is 2.94. The molecule has 1 heterocycles. The zero-order chi connectivity index (χ0) is 19.3. The van der Waals surface area contributed by atoms with Gasteiger partial charge in [-0.3, -0.25) is 14.4 Å². The fourth-order valence-electron chi connectivity index (χ4n) is 2.03. The van der Waals surface area contributed by atoms with Crippen LogP contribution < -0.4 is 10.6 Å². The Kier molecular flexibility index (Phi) is 6.51. The molecule has 1 aromatic rings. The first-order chi connectivity index (χ1) is 12.3. The van der Waals surface area contributed by atoms with Crippen LogP contribution in [-0.4, -0.2) is 39.0 Å². The highest BCUT2D eigenvalue weighted by Gasteiger charge is 2.32. The van der Waals surface area contributed by atoms with Gasteiger partial charge in [0.25, 0.3) is 0 Å². The number of nitrogens with one attached hydrogen (secondary N) is 2. The number of aliphatic carboxylic acids is 1. The number of hydrogen-bond acceptors (Lipinski definition) is 6. The minimum atomic E-state index is -1.04. The Balaban J connectivity index is 2.09. The van der Waals surface area contributed by atoms with E-state index in [1.165, 1.54) is 0 Å². The molecule has 0 aliphatic carbocycles. The van der Waals surface area contributed by atoms with Crippen LogP contribution in [0.4, 0.5) is 5.69 Å². The van der Waals surface area contributed by atoms with E-state index in [2.05, 4.69) is 20.8 Å². The van der Waals surface area contributed by atoms with Gasteiger partial charge in [0.15, 0.2) is 5.17 Å². The normalized spacial score (nSPS) is 18.9. The molecule has 1 aliphatic rings. The lowest BCUT2D eigenvalue weighted by molar-refractivity contribution is -0.138. The average molecular weight is 376 g/mol. The lowest BCUT2D eigenvalue weighted by Crippen LogP contribution is -2.26. The number of nitrogens with zero attached hydrogens (tertiary/aromatic N) is 2. The molecule has 0 radical (unpaired) electrons. The van der Waals surface area contributed by atoms with Crippen LogP contribution in [0, 0.1) is 5.92 Å². The summed E-state index contributed by atoms with van der Waals surface area (Å²) in [5.41, 5.74) is 2.02. The number of rotatable bonds is 6. The molecule has 1 aromatic carbocycles. The highest BCUT2D eigenvalue weighted by Crippen LogP contribution is 2.22. The highest BCUT2D eigenvalue weighted by atomic mass is 32.2. The van der Waals surface area contributed by atoms with Crippen LogP contribution in [0.15, 0.2) is 34.5 Å². The topological polar surface area (TPSA) is 120 Å². The SMILES string of the molecule is C/C(=N/N=C1\NC(=O)[C@@H](CC(=O)O)S1)c1cccc(NC(=O)C(C)C)c1. The molecule has 3 N–H and O–H groups in total. The van der Waals surface area contributed by atoms with Gasteiger partial charge in [0, 0.05) is 11.6 Å². The largest absolute Gasteiger partial charge is 0.481 e. The minimum Gasteiger partial charge on any atom is -0.481 e. The van der Waals surface area contributed by atoms with Crippen LogP contribution in [-0.2, 0) is 14.4 Å². The van der Waals surface area contributed by atoms with Gasteiger partial charge in [-0.05, 0) is 24.6 Å². The van der Waals surface area contributed by atoms with E-state index in [0.717, 1.165) is 17.3 Å². The summed E-state index contributed by atoms with van der Waals surface area (Å²) < 4.78 is 0. The van der Waals surface area contributed by atoms with E-state index in [4.69, 9.17) is 5.11 Å². The van der Waals surface area contributed by atoms with Crippen LogP contribution in [0.25, 0.3) is 0 Å². The third-order valence-electron chi connectivity index (χ3n) is 3.50. The molecule has 1 saturated heterocycles. The van der Waals surface area contributed by atoms with Crippen molar-refractivity contribution in [2.45, 2.75) is 32.4 Å². The van der Waals surface area contributed by atoms with Crippen molar-refractivity contribution >= 4 is 46.1 Å². The molecule has 0 saturated carbocycles. The summed E-state index contributed by atoms with van der Waals surface area (Å²) >= 11 is 1.04. The molecule has 0 bridgehead atoms. The summed E-state index contributed by atoms with van der Waals surface area (Å²) in [4.78, 5) is 34.2. The monoisotopic (exact) mass is 376 g/mol. The number of carboxylic acids is 1. The Morgan fingerprint density at radius 1 is 1.38 bits per heavy atom. The number of carbonyl (C=O) groups excluding carboxylic acids is 2. The van der Waals surface area contributed by atoms with Gasteiger partial charge in [-0.2, -0.15) is 5.10 Å². The molecule has 2 amide bonds. The van der Waals surface area contributed by atoms with Crippen LogP contribution in [0.1, 0.15) is 32.8 Å². The summed E-state index contributed by atoms with van der Waals surface area (Å²) in [5.74, 6) is -1.63. The molecule has 9 heteroatoms. The number of carbonyl (C=O) groups is 3. The van der Waals surface area contributed by atoms with E-state index in [-0.39, 0.29) is 29.3 Å². The van der Waals surface area contributed by atoms with Crippen molar-refractivity contribution in [3.05, 3.63) is 29.8 Å². The van der Waals surface area contributed by atoms with Crippen molar-refractivity contribution in [1.29, 1.82) is 0 Å². The fraction of sp³-hybridized carbons (Fsp3) is 0.353. The quantitative estimate of drug-likeness (QED) is 0.518. The summed E-state index contributed by atoms with van der Waals surface area (Å²) in [7, 11) is 0. The lowest BCUT2D eigenvalue weighted by Gasteiger charge is -2.09. The second-order valence-corrected chi connectivity index (χ2v) is 7.20. The number of amidine groups is 1. The number of amides is 2. The van der Waals surface area contributed by atoms with E-state index in [1.807, 2.05) is 19.9 Å². The predicted octanol–water partition coefficient (Wildman–Crippen LogP) is 2.07. The zero-order valence-corrected chi connectivity index (χ0v) is 15.5. The molecule has 0 unspecified atom stereocenters. The van der Waals surface area contributed by atoms with Crippen molar-refractivity contribution in [3.8, 4) is 0 Å². The Morgan fingerprint density at radius 3 is 2.77 bits per heavy atom. The summed E-state index contributed by atoms with van der Waals surface area (Å²) in [6.07, 6.45) is -0.268. The smallest absolute Gasteiger partial charge is 0.305 e. The minimum absolute atomic E-state index is 0.0773. The summed E-state index contributed by atoms with van der Waals surface area (Å²) in [6, 6.07) is 7.20. The van der Waals surface area contributed by atoms with Gasteiger partial charge in [0.1, 0.15) is 5.25 Å². The molecule has 138 valence electrons. The Labute approximate surface area is 155 Å². The molecule has 2 rings (SSSR count). The zero-order valence-electron chi connectivity index (χ0n) is 14.6. The first-order valence-corrected chi connectivity index (χ1v) is 8.87. The summed E-state index contributed by atoms with van der Waals surface area (Å²) in [6.45, 7) is 5.38. The first kappa shape index (κ1) is 19.6. The van der Waals surface area contributed by atoms with E-state index in [1.54, 1.807) is 25.1 Å². The van der Waals surface area contributed by atoms with Crippen molar-refractivity contribution in [1.82, 2.24) is 5.32 Å². The highest BCUT2D eigenvalue weighted by molar-refractivity contribution is 8.15.